The monoisotopic (exact) mass is 727 g/mol. The van der Waals surface area contributed by atoms with E-state index in [1.54, 1.807) is 0 Å². The molecule has 11 rings (SSSR count). The molecule has 0 aliphatic rings. The second-order valence-corrected chi connectivity index (χ2v) is 14.4. The van der Waals surface area contributed by atoms with Crippen molar-refractivity contribution >= 4 is 43.5 Å². The molecule has 266 valence electrons. The zero-order valence-electron chi connectivity index (χ0n) is 30.8. The van der Waals surface area contributed by atoms with Crippen LogP contribution in [-0.4, -0.2) is 15.0 Å². The molecule has 0 bridgehead atoms. The quantitative estimate of drug-likeness (QED) is 0.171. The maximum atomic E-state index is 6.77. The Labute approximate surface area is 329 Å². The second kappa shape index (κ2) is 13.6. The molecule has 4 heteroatoms. The lowest BCUT2D eigenvalue weighted by molar-refractivity contribution is 0.670. The molecule has 0 atom stereocenters. The number of hydrogen-bond acceptors (Lipinski definition) is 4. The summed E-state index contributed by atoms with van der Waals surface area (Å²) in [6, 6.07) is 69.9. The standard InChI is InChI=1S/C53H33N3O/c1-3-13-34(14-4-1)36-25-28-38(29-26-36)52-54-51(37-16-5-2-6-17-37)55-53(56-52)42-32-40-19-9-10-20-43(40)47(33-42)45-22-12-24-48-49(45)46-23-11-21-44(50(46)57-48)41-30-27-35-15-7-8-18-39(35)31-41/h1-33H. The first-order valence-electron chi connectivity index (χ1n) is 19.2. The van der Waals surface area contributed by atoms with E-state index < -0.39 is 0 Å². The van der Waals surface area contributed by atoms with Crippen LogP contribution in [-0.2, 0) is 0 Å². The molecule has 0 spiro atoms. The predicted octanol–water partition coefficient (Wildman–Crippen LogP) is 14.1. The summed E-state index contributed by atoms with van der Waals surface area (Å²) in [6.07, 6.45) is 0. The van der Waals surface area contributed by atoms with E-state index in [4.69, 9.17) is 19.4 Å². The van der Waals surface area contributed by atoms with E-state index in [0.29, 0.717) is 17.5 Å². The summed E-state index contributed by atoms with van der Waals surface area (Å²) in [5.74, 6) is 1.86. The lowest BCUT2D eigenvalue weighted by atomic mass is 9.92. The molecule has 0 unspecified atom stereocenters. The Hall–Kier alpha value is -7.69. The van der Waals surface area contributed by atoms with Gasteiger partial charge in [-0.1, -0.05) is 176 Å². The van der Waals surface area contributed by atoms with Gasteiger partial charge in [0.1, 0.15) is 11.2 Å². The summed E-state index contributed by atoms with van der Waals surface area (Å²) >= 11 is 0. The molecular formula is C53H33N3O. The van der Waals surface area contributed by atoms with Crippen LogP contribution in [0, 0.1) is 0 Å². The van der Waals surface area contributed by atoms with E-state index in [2.05, 4.69) is 164 Å². The number of aromatic nitrogens is 3. The van der Waals surface area contributed by atoms with E-state index in [9.17, 15) is 0 Å². The lowest BCUT2D eigenvalue weighted by Gasteiger charge is -2.13. The van der Waals surface area contributed by atoms with Crippen LogP contribution in [0.4, 0.5) is 0 Å². The molecule has 0 N–H and O–H groups in total. The van der Waals surface area contributed by atoms with Crippen LogP contribution in [0.2, 0.25) is 0 Å². The zero-order valence-corrected chi connectivity index (χ0v) is 30.8. The van der Waals surface area contributed by atoms with Crippen molar-refractivity contribution in [3.8, 4) is 67.5 Å². The molecule has 2 aromatic heterocycles. The fourth-order valence-electron chi connectivity index (χ4n) is 8.11. The van der Waals surface area contributed by atoms with E-state index in [-0.39, 0.29) is 0 Å². The Balaban J connectivity index is 1.10. The van der Waals surface area contributed by atoms with E-state index >= 15 is 0 Å². The first kappa shape index (κ1) is 32.7. The molecule has 0 saturated carbocycles. The molecule has 4 nitrogen and oxygen atoms in total. The Morgan fingerprint density at radius 2 is 0.825 bits per heavy atom. The summed E-state index contributed by atoms with van der Waals surface area (Å²) in [5, 5.41) is 6.82. The van der Waals surface area contributed by atoms with Crippen molar-refractivity contribution in [2.75, 3.05) is 0 Å². The topological polar surface area (TPSA) is 51.8 Å². The number of rotatable bonds is 6. The van der Waals surface area contributed by atoms with E-state index in [1.807, 2.05) is 36.4 Å². The molecule has 0 fully saturated rings. The van der Waals surface area contributed by atoms with Gasteiger partial charge in [-0.25, -0.2) is 15.0 Å². The SMILES string of the molecule is c1ccc(-c2ccc(-c3nc(-c4ccccc4)nc(-c4cc(-c5cccc6oc7c(-c8ccc9ccccc9c8)cccc7c56)c5ccccc5c4)n3)cc2)cc1. The minimum atomic E-state index is 0.612. The summed E-state index contributed by atoms with van der Waals surface area (Å²) in [4.78, 5) is 15.3. The van der Waals surface area contributed by atoms with Crippen molar-refractivity contribution in [2.45, 2.75) is 0 Å². The van der Waals surface area contributed by atoms with Crippen LogP contribution in [0.3, 0.4) is 0 Å². The minimum Gasteiger partial charge on any atom is -0.455 e. The molecule has 0 radical (unpaired) electrons. The lowest BCUT2D eigenvalue weighted by Crippen LogP contribution is -2.00. The molecular weight excluding hydrogens is 695 g/mol. The van der Waals surface area contributed by atoms with Crippen molar-refractivity contribution in [1.29, 1.82) is 0 Å². The van der Waals surface area contributed by atoms with Gasteiger partial charge in [0, 0.05) is 33.0 Å². The Kier molecular flexibility index (Phi) is 7.78. The van der Waals surface area contributed by atoms with Gasteiger partial charge in [-0.15, -0.1) is 0 Å². The summed E-state index contributed by atoms with van der Waals surface area (Å²) < 4.78 is 6.77. The number of furan rings is 1. The molecule has 2 heterocycles. The third kappa shape index (κ3) is 5.83. The first-order chi connectivity index (χ1) is 28.2. The average molecular weight is 728 g/mol. The van der Waals surface area contributed by atoms with Crippen LogP contribution in [0.25, 0.3) is 111 Å². The number of hydrogen-bond donors (Lipinski definition) is 0. The minimum absolute atomic E-state index is 0.612. The molecule has 0 aliphatic heterocycles. The smallest absolute Gasteiger partial charge is 0.164 e. The third-order valence-electron chi connectivity index (χ3n) is 10.9. The molecule has 0 aliphatic carbocycles. The predicted molar refractivity (Wildman–Crippen MR) is 235 cm³/mol. The number of para-hydroxylation sites is 1. The molecule has 0 amide bonds. The van der Waals surface area contributed by atoms with Gasteiger partial charge in [0.25, 0.3) is 0 Å². The molecule has 0 saturated heterocycles. The fourth-order valence-corrected chi connectivity index (χ4v) is 8.11. The van der Waals surface area contributed by atoms with E-state index in [1.165, 1.54) is 16.3 Å². The number of nitrogens with zero attached hydrogens (tertiary/aromatic N) is 3. The summed E-state index contributed by atoms with van der Waals surface area (Å²) in [5.41, 5.74) is 11.2. The third-order valence-corrected chi connectivity index (χ3v) is 10.9. The van der Waals surface area contributed by atoms with Crippen LogP contribution >= 0.6 is 0 Å². The highest BCUT2D eigenvalue weighted by Crippen LogP contribution is 2.43. The van der Waals surface area contributed by atoms with Crippen LogP contribution in [0.15, 0.2) is 205 Å². The molecule has 57 heavy (non-hydrogen) atoms. The molecule has 11 aromatic rings. The summed E-state index contributed by atoms with van der Waals surface area (Å²) in [7, 11) is 0. The Bertz CT molecular complexity index is 3280. The van der Waals surface area contributed by atoms with Gasteiger partial charge in [0.2, 0.25) is 0 Å². The number of benzene rings is 9. The van der Waals surface area contributed by atoms with Gasteiger partial charge in [-0.3, -0.25) is 0 Å². The van der Waals surface area contributed by atoms with Crippen LogP contribution < -0.4 is 0 Å². The highest BCUT2D eigenvalue weighted by atomic mass is 16.3. The Morgan fingerprint density at radius 1 is 0.298 bits per heavy atom. The van der Waals surface area contributed by atoms with Gasteiger partial charge in [0.15, 0.2) is 17.5 Å². The maximum absolute atomic E-state index is 6.77. The van der Waals surface area contributed by atoms with Crippen LogP contribution in [0.5, 0.6) is 0 Å². The van der Waals surface area contributed by atoms with Gasteiger partial charge < -0.3 is 4.42 Å². The average Bonchev–Trinajstić information content (AvgIpc) is 3.68. The van der Waals surface area contributed by atoms with Crippen molar-refractivity contribution in [2.24, 2.45) is 0 Å². The highest BCUT2D eigenvalue weighted by Gasteiger charge is 2.20. The van der Waals surface area contributed by atoms with E-state index in [0.717, 1.165) is 77.2 Å². The summed E-state index contributed by atoms with van der Waals surface area (Å²) in [6.45, 7) is 0. The van der Waals surface area contributed by atoms with Crippen LogP contribution in [0.1, 0.15) is 0 Å². The van der Waals surface area contributed by atoms with Gasteiger partial charge in [-0.05, 0) is 73.6 Å². The van der Waals surface area contributed by atoms with Gasteiger partial charge in [-0.2, -0.15) is 0 Å². The first-order valence-corrected chi connectivity index (χ1v) is 19.2. The second-order valence-electron chi connectivity index (χ2n) is 14.4. The normalized spacial score (nSPS) is 11.5. The molecule has 9 aromatic carbocycles. The zero-order chi connectivity index (χ0) is 37.7. The van der Waals surface area contributed by atoms with Gasteiger partial charge >= 0.3 is 0 Å². The largest absolute Gasteiger partial charge is 0.455 e. The number of fused-ring (bicyclic) bond motifs is 5. The maximum Gasteiger partial charge on any atom is 0.164 e. The van der Waals surface area contributed by atoms with Crippen molar-refractivity contribution in [1.82, 2.24) is 15.0 Å². The van der Waals surface area contributed by atoms with Crippen molar-refractivity contribution < 1.29 is 4.42 Å². The van der Waals surface area contributed by atoms with Crippen molar-refractivity contribution in [3.05, 3.63) is 200 Å². The van der Waals surface area contributed by atoms with Gasteiger partial charge in [0.05, 0.1) is 0 Å². The highest BCUT2D eigenvalue weighted by molar-refractivity contribution is 6.18. The Morgan fingerprint density at radius 3 is 1.60 bits per heavy atom. The van der Waals surface area contributed by atoms with Crippen molar-refractivity contribution in [3.63, 3.8) is 0 Å². The fraction of sp³-hybridized carbons (Fsp3) is 0.